The van der Waals surface area contributed by atoms with Crippen LogP contribution in [0, 0.1) is 0 Å². The molecule has 1 saturated heterocycles. The van der Waals surface area contributed by atoms with Crippen molar-refractivity contribution < 1.29 is 9.53 Å². The lowest BCUT2D eigenvalue weighted by atomic mass is 10.3. The monoisotopic (exact) mass is 205 g/mol. The highest BCUT2D eigenvalue weighted by molar-refractivity contribution is 5.95. The van der Waals surface area contributed by atoms with Crippen LogP contribution in [0.4, 0.5) is 5.69 Å². The van der Waals surface area contributed by atoms with Crippen LogP contribution < -0.4 is 4.90 Å². The van der Waals surface area contributed by atoms with Crippen molar-refractivity contribution in [2.24, 2.45) is 0 Å². The van der Waals surface area contributed by atoms with Gasteiger partial charge in [-0.2, -0.15) is 0 Å². The molecule has 0 aliphatic carbocycles. The summed E-state index contributed by atoms with van der Waals surface area (Å²) in [6.45, 7) is 2.59. The van der Waals surface area contributed by atoms with Crippen LogP contribution in [-0.2, 0) is 9.53 Å². The fourth-order valence-corrected chi connectivity index (χ4v) is 1.91. The first-order chi connectivity index (χ1) is 7.33. The van der Waals surface area contributed by atoms with Gasteiger partial charge in [0.2, 0.25) is 5.91 Å². The Morgan fingerprint density at radius 1 is 1.40 bits per heavy atom. The summed E-state index contributed by atoms with van der Waals surface area (Å²) in [4.78, 5) is 13.5. The van der Waals surface area contributed by atoms with Gasteiger partial charge in [-0.05, 0) is 19.1 Å². The zero-order valence-corrected chi connectivity index (χ0v) is 8.85. The van der Waals surface area contributed by atoms with Crippen LogP contribution >= 0.6 is 0 Å². The van der Waals surface area contributed by atoms with E-state index in [0.717, 1.165) is 12.1 Å². The molecule has 1 amide bonds. The first-order valence-corrected chi connectivity index (χ1v) is 5.31. The molecule has 1 aromatic rings. The molecule has 1 atom stereocenters. The number of rotatable bonds is 3. The molecule has 1 fully saturated rings. The summed E-state index contributed by atoms with van der Waals surface area (Å²) < 4.78 is 5.55. The van der Waals surface area contributed by atoms with Gasteiger partial charge in [-0.1, -0.05) is 18.2 Å². The van der Waals surface area contributed by atoms with Crippen molar-refractivity contribution in [1.82, 2.24) is 0 Å². The first kappa shape index (κ1) is 10.2. The number of carbonyl (C=O) groups excluding carboxylic acids is 1. The Morgan fingerprint density at radius 2 is 2.13 bits per heavy atom. The van der Waals surface area contributed by atoms with E-state index in [1.165, 1.54) is 0 Å². The lowest BCUT2D eigenvalue weighted by Gasteiger charge is -2.24. The summed E-state index contributed by atoms with van der Waals surface area (Å²) in [5.74, 6) is 0.152. The molecule has 1 unspecified atom stereocenters. The van der Waals surface area contributed by atoms with Crippen molar-refractivity contribution >= 4 is 11.6 Å². The predicted octanol–water partition coefficient (Wildman–Crippen LogP) is 2.18. The highest BCUT2D eigenvalue weighted by atomic mass is 16.5. The fourth-order valence-electron chi connectivity index (χ4n) is 1.91. The maximum absolute atomic E-state index is 11.7. The minimum Gasteiger partial charge on any atom is -0.358 e. The number of anilines is 1. The average Bonchev–Trinajstić information content (AvgIpc) is 2.62. The highest BCUT2D eigenvalue weighted by Gasteiger charge is 2.32. The first-order valence-electron chi connectivity index (χ1n) is 5.31. The van der Waals surface area contributed by atoms with Crippen LogP contribution in [0.25, 0.3) is 0 Å². The summed E-state index contributed by atoms with van der Waals surface area (Å²) in [6.07, 6.45) is 1.30. The largest absolute Gasteiger partial charge is 0.358 e. The maximum Gasteiger partial charge on any atom is 0.229 e. The number of hydrogen-bond donors (Lipinski definition) is 0. The third kappa shape index (κ3) is 2.02. The zero-order chi connectivity index (χ0) is 10.7. The molecule has 1 aliphatic heterocycles. The van der Waals surface area contributed by atoms with Crippen LogP contribution in [0.3, 0.4) is 0 Å². The Labute approximate surface area is 89.7 Å². The van der Waals surface area contributed by atoms with Gasteiger partial charge in [-0.3, -0.25) is 9.69 Å². The van der Waals surface area contributed by atoms with Crippen molar-refractivity contribution in [3.63, 3.8) is 0 Å². The zero-order valence-electron chi connectivity index (χ0n) is 8.85. The van der Waals surface area contributed by atoms with Crippen molar-refractivity contribution in [2.75, 3.05) is 11.5 Å². The van der Waals surface area contributed by atoms with Gasteiger partial charge < -0.3 is 4.74 Å². The third-order valence-electron chi connectivity index (χ3n) is 2.56. The van der Waals surface area contributed by atoms with E-state index in [-0.39, 0.29) is 12.1 Å². The summed E-state index contributed by atoms with van der Waals surface area (Å²) >= 11 is 0. The summed E-state index contributed by atoms with van der Waals surface area (Å²) in [5.41, 5.74) is 0.929. The van der Waals surface area contributed by atoms with E-state index >= 15 is 0 Å². The second kappa shape index (κ2) is 4.45. The number of hydrogen-bond acceptors (Lipinski definition) is 2. The maximum atomic E-state index is 11.7. The molecule has 1 aromatic carbocycles. The van der Waals surface area contributed by atoms with Gasteiger partial charge in [-0.25, -0.2) is 0 Å². The number of nitrogens with zero attached hydrogens (tertiary/aromatic N) is 1. The van der Waals surface area contributed by atoms with Crippen LogP contribution in [0.15, 0.2) is 30.3 Å². The van der Waals surface area contributed by atoms with E-state index in [9.17, 15) is 4.79 Å². The normalized spacial score (nSPS) is 21.0. The minimum absolute atomic E-state index is 0.0788. The summed E-state index contributed by atoms with van der Waals surface area (Å²) in [6, 6.07) is 9.69. The van der Waals surface area contributed by atoms with Crippen molar-refractivity contribution in [3.8, 4) is 0 Å². The van der Waals surface area contributed by atoms with E-state index in [1.54, 1.807) is 4.90 Å². The number of ether oxygens (including phenoxy) is 1. The molecular formula is C12H15NO2. The number of carbonyl (C=O) groups is 1. The molecule has 0 saturated carbocycles. The Hall–Kier alpha value is -1.35. The molecule has 0 bridgehead atoms. The Bertz CT molecular complexity index is 337. The molecule has 1 aliphatic rings. The van der Waals surface area contributed by atoms with E-state index in [4.69, 9.17) is 4.74 Å². The quantitative estimate of drug-likeness (QED) is 0.757. The second-order valence-corrected chi connectivity index (χ2v) is 3.55. The van der Waals surface area contributed by atoms with E-state index in [0.29, 0.717) is 13.0 Å². The Kier molecular flexibility index (Phi) is 3.02. The van der Waals surface area contributed by atoms with Crippen LogP contribution in [-0.4, -0.2) is 18.7 Å². The lowest BCUT2D eigenvalue weighted by Crippen LogP contribution is -2.34. The van der Waals surface area contributed by atoms with Gasteiger partial charge in [0, 0.05) is 25.1 Å². The SMILES string of the molecule is CCOC1CCC(=O)N1c1ccccc1. The average molecular weight is 205 g/mol. The Morgan fingerprint density at radius 3 is 2.80 bits per heavy atom. The molecule has 0 N–H and O–H groups in total. The van der Waals surface area contributed by atoms with E-state index in [1.807, 2.05) is 37.3 Å². The van der Waals surface area contributed by atoms with Gasteiger partial charge >= 0.3 is 0 Å². The van der Waals surface area contributed by atoms with Crippen LogP contribution in [0.5, 0.6) is 0 Å². The number of benzene rings is 1. The van der Waals surface area contributed by atoms with Crippen LogP contribution in [0.1, 0.15) is 19.8 Å². The smallest absolute Gasteiger partial charge is 0.229 e. The number of amides is 1. The second-order valence-electron chi connectivity index (χ2n) is 3.55. The van der Waals surface area contributed by atoms with E-state index < -0.39 is 0 Å². The van der Waals surface area contributed by atoms with Gasteiger partial charge in [0.1, 0.15) is 6.23 Å². The van der Waals surface area contributed by atoms with Crippen molar-refractivity contribution in [3.05, 3.63) is 30.3 Å². The summed E-state index contributed by atoms with van der Waals surface area (Å²) in [5, 5.41) is 0. The number of para-hydroxylation sites is 1. The lowest BCUT2D eigenvalue weighted by molar-refractivity contribution is -0.117. The molecule has 0 radical (unpaired) electrons. The molecular weight excluding hydrogens is 190 g/mol. The molecule has 0 aromatic heterocycles. The fraction of sp³-hybridized carbons (Fsp3) is 0.417. The molecule has 3 heteroatoms. The van der Waals surface area contributed by atoms with E-state index in [2.05, 4.69) is 0 Å². The van der Waals surface area contributed by atoms with Gasteiger partial charge in [-0.15, -0.1) is 0 Å². The molecule has 80 valence electrons. The molecule has 3 nitrogen and oxygen atoms in total. The summed E-state index contributed by atoms with van der Waals surface area (Å²) in [7, 11) is 0. The van der Waals surface area contributed by atoms with Gasteiger partial charge in [0.25, 0.3) is 0 Å². The standard InChI is InChI=1S/C12H15NO2/c1-2-15-12-9-8-11(14)13(12)10-6-4-3-5-7-10/h3-7,12H,2,8-9H2,1H3. The van der Waals surface area contributed by atoms with Gasteiger partial charge in [0.15, 0.2) is 0 Å². The highest BCUT2D eigenvalue weighted by Crippen LogP contribution is 2.26. The molecule has 1 heterocycles. The van der Waals surface area contributed by atoms with Crippen LogP contribution in [0.2, 0.25) is 0 Å². The topological polar surface area (TPSA) is 29.5 Å². The minimum atomic E-state index is -0.0788. The Balaban J connectivity index is 2.21. The molecule has 0 spiro atoms. The van der Waals surface area contributed by atoms with Crippen molar-refractivity contribution in [2.45, 2.75) is 26.0 Å². The molecule has 2 rings (SSSR count). The predicted molar refractivity (Wildman–Crippen MR) is 58.6 cm³/mol. The van der Waals surface area contributed by atoms with Crippen molar-refractivity contribution in [1.29, 1.82) is 0 Å². The van der Waals surface area contributed by atoms with Gasteiger partial charge in [0.05, 0.1) is 0 Å². The third-order valence-corrected chi connectivity index (χ3v) is 2.56. The molecule has 15 heavy (non-hydrogen) atoms.